The molecule has 0 radical (unpaired) electrons. The second-order valence-corrected chi connectivity index (χ2v) is 5.76. The lowest BCUT2D eigenvalue weighted by Gasteiger charge is -2.12. The van der Waals surface area contributed by atoms with E-state index in [2.05, 4.69) is 12.2 Å². The van der Waals surface area contributed by atoms with Crippen molar-refractivity contribution in [3.8, 4) is 5.75 Å². The van der Waals surface area contributed by atoms with Gasteiger partial charge < -0.3 is 14.8 Å². The van der Waals surface area contributed by atoms with Gasteiger partial charge in [-0.05, 0) is 49.2 Å². The van der Waals surface area contributed by atoms with Gasteiger partial charge in [-0.1, -0.05) is 25.5 Å². The molecule has 1 N–H and O–H groups in total. The van der Waals surface area contributed by atoms with Gasteiger partial charge in [0.25, 0.3) is 5.91 Å². The van der Waals surface area contributed by atoms with Gasteiger partial charge in [0.1, 0.15) is 5.75 Å². The van der Waals surface area contributed by atoms with Gasteiger partial charge in [0.15, 0.2) is 0 Å². The molecule has 0 atom stereocenters. The highest BCUT2D eigenvalue weighted by Crippen LogP contribution is 2.22. The molecule has 0 aliphatic carbocycles. The Bertz CT molecular complexity index is 682. The summed E-state index contributed by atoms with van der Waals surface area (Å²) in [7, 11) is 1.62. The Hall–Kier alpha value is -2.33. The molecule has 0 saturated carbocycles. The molecule has 0 spiro atoms. The minimum atomic E-state index is -0.141. The molecular formula is C20H25NO3. The molecule has 0 aromatic heterocycles. The maximum absolute atomic E-state index is 12.5. The molecule has 2 aromatic rings. The number of hydrogen-bond acceptors (Lipinski definition) is 3. The molecule has 4 nitrogen and oxygen atoms in total. The number of benzene rings is 2. The second kappa shape index (κ2) is 9.08. The average Bonchev–Trinajstić information content (AvgIpc) is 2.58. The van der Waals surface area contributed by atoms with E-state index in [1.165, 1.54) is 0 Å². The number of rotatable bonds is 8. The summed E-state index contributed by atoms with van der Waals surface area (Å²) in [5, 5.41) is 2.92. The first kappa shape index (κ1) is 18.0. The standard InChI is InChI=1S/C20H25NO3/c1-4-5-11-24-14-17-13-16(9-10-19(17)23-3)20(22)21-18-8-6-7-15(2)12-18/h6-10,12-13H,4-5,11,14H2,1-3H3,(H,21,22). The van der Waals surface area contributed by atoms with Crippen LogP contribution in [0.15, 0.2) is 42.5 Å². The SMILES string of the molecule is CCCCOCc1cc(C(=O)Nc2cccc(C)c2)ccc1OC. The lowest BCUT2D eigenvalue weighted by atomic mass is 10.1. The van der Waals surface area contributed by atoms with Crippen molar-refractivity contribution in [1.82, 2.24) is 0 Å². The fraction of sp³-hybridized carbons (Fsp3) is 0.350. The molecular weight excluding hydrogens is 302 g/mol. The van der Waals surface area contributed by atoms with Crippen LogP contribution in [0.5, 0.6) is 5.75 Å². The summed E-state index contributed by atoms with van der Waals surface area (Å²) in [5.74, 6) is 0.594. The Kier molecular flexibility index (Phi) is 6.82. The van der Waals surface area contributed by atoms with Crippen LogP contribution in [0.3, 0.4) is 0 Å². The average molecular weight is 327 g/mol. The van der Waals surface area contributed by atoms with Gasteiger partial charge in [-0.3, -0.25) is 4.79 Å². The number of carbonyl (C=O) groups is 1. The molecule has 1 amide bonds. The monoisotopic (exact) mass is 327 g/mol. The molecule has 0 unspecified atom stereocenters. The fourth-order valence-electron chi connectivity index (χ4n) is 2.39. The number of amides is 1. The Labute approximate surface area is 143 Å². The van der Waals surface area contributed by atoms with E-state index >= 15 is 0 Å². The van der Waals surface area contributed by atoms with Gasteiger partial charge in [-0.25, -0.2) is 0 Å². The van der Waals surface area contributed by atoms with Gasteiger partial charge in [0.05, 0.1) is 13.7 Å². The van der Waals surface area contributed by atoms with Gasteiger partial charge in [-0.15, -0.1) is 0 Å². The number of anilines is 1. The van der Waals surface area contributed by atoms with E-state index in [0.29, 0.717) is 18.8 Å². The zero-order valence-electron chi connectivity index (χ0n) is 14.6. The minimum absolute atomic E-state index is 0.141. The molecule has 4 heteroatoms. The van der Waals surface area contributed by atoms with Crippen molar-refractivity contribution in [3.05, 3.63) is 59.2 Å². The summed E-state index contributed by atoms with van der Waals surface area (Å²) in [4.78, 5) is 12.5. The van der Waals surface area contributed by atoms with Crippen molar-refractivity contribution in [2.24, 2.45) is 0 Å². The Balaban J connectivity index is 2.10. The topological polar surface area (TPSA) is 47.6 Å². The minimum Gasteiger partial charge on any atom is -0.496 e. The highest BCUT2D eigenvalue weighted by molar-refractivity contribution is 6.04. The first-order valence-corrected chi connectivity index (χ1v) is 8.26. The molecule has 24 heavy (non-hydrogen) atoms. The summed E-state index contributed by atoms with van der Waals surface area (Å²) >= 11 is 0. The van der Waals surface area contributed by atoms with E-state index in [-0.39, 0.29) is 5.91 Å². The quantitative estimate of drug-likeness (QED) is 0.722. The molecule has 0 saturated heterocycles. The van der Waals surface area contributed by atoms with Crippen LogP contribution in [0.4, 0.5) is 5.69 Å². The summed E-state index contributed by atoms with van der Waals surface area (Å²) in [6.45, 7) is 5.27. The van der Waals surface area contributed by atoms with E-state index in [9.17, 15) is 4.79 Å². The first-order chi connectivity index (χ1) is 11.6. The molecule has 0 bridgehead atoms. The van der Waals surface area contributed by atoms with Gasteiger partial charge in [0.2, 0.25) is 0 Å². The predicted octanol–water partition coefficient (Wildman–Crippen LogP) is 4.57. The van der Waals surface area contributed by atoms with Crippen molar-refractivity contribution in [1.29, 1.82) is 0 Å². The number of unbranched alkanes of at least 4 members (excludes halogenated alkanes) is 1. The van der Waals surface area contributed by atoms with Crippen LogP contribution in [0, 0.1) is 6.92 Å². The number of ether oxygens (including phenoxy) is 2. The summed E-state index contributed by atoms with van der Waals surface area (Å²) in [6.07, 6.45) is 2.12. The van der Waals surface area contributed by atoms with E-state index in [1.54, 1.807) is 13.2 Å². The second-order valence-electron chi connectivity index (χ2n) is 5.76. The van der Waals surface area contributed by atoms with Gasteiger partial charge in [-0.2, -0.15) is 0 Å². The highest BCUT2D eigenvalue weighted by atomic mass is 16.5. The van der Waals surface area contributed by atoms with Crippen LogP contribution in [-0.2, 0) is 11.3 Å². The molecule has 0 heterocycles. The van der Waals surface area contributed by atoms with E-state index in [4.69, 9.17) is 9.47 Å². The number of hydrogen-bond donors (Lipinski definition) is 1. The molecule has 0 aliphatic heterocycles. The molecule has 2 aromatic carbocycles. The van der Waals surface area contributed by atoms with Crippen LogP contribution in [-0.4, -0.2) is 19.6 Å². The molecule has 0 fully saturated rings. The van der Waals surface area contributed by atoms with Crippen molar-refractivity contribution < 1.29 is 14.3 Å². The van der Waals surface area contributed by atoms with Gasteiger partial charge in [0, 0.05) is 23.4 Å². The maximum Gasteiger partial charge on any atom is 0.255 e. The molecule has 128 valence electrons. The summed E-state index contributed by atoms with van der Waals surface area (Å²) < 4.78 is 11.0. The predicted molar refractivity (Wildman–Crippen MR) is 96.7 cm³/mol. The maximum atomic E-state index is 12.5. The third kappa shape index (κ3) is 5.10. The van der Waals surface area contributed by atoms with Crippen molar-refractivity contribution in [3.63, 3.8) is 0 Å². The largest absolute Gasteiger partial charge is 0.496 e. The van der Waals surface area contributed by atoms with Crippen molar-refractivity contribution >= 4 is 11.6 Å². The Morgan fingerprint density at radius 2 is 2.00 bits per heavy atom. The normalized spacial score (nSPS) is 10.5. The van der Waals surface area contributed by atoms with E-state index in [0.717, 1.165) is 35.4 Å². The van der Waals surface area contributed by atoms with Crippen LogP contribution < -0.4 is 10.1 Å². The zero-order chi connectivity index (χ0) is 17.4. The molecule has 0 aliphatic rings. The summed E-state index contributed by atoms with van der Waals surface area (Å²) in [5.41, 5.74) is 3.36. The number of aryl methyl sites for hydroxylation is 1. The Morgan fingerprint density at radius 1 is 1.17 bits per heavy atom. The third-order valence-corrected chi connectivity index (χ3v) is 3.72. The van der Waals surface area contributed by atoms with Gasteiger partial charge >= 0.3 is 0 Å². The van der Waals surface area contributed by atoms with E-state index in [1.807, 2.05) is 43.3 Å². The lowest BCUT2D eigenvalue weighted by Crippen LogP contribution is -2.12. The zero-order valence-corrected chi connectivity index (χ0v) is 14.6. The first-order valence-electron chi connectivity index (χ1n) is 8.26. The smallest absolute Gasteiger partial charge is 0.255 e. The number of nitrogens with one attached hydrogen (secondary N) is 1. The molecule has 2 rings (SSSR count). The van der Waals surface area contributed by atoms with Crippen molar-refractivity contribution in [2.45, 2.75) is 33.3 Å². The van der Waals surface area contributed by atoms with E-state index < -0.39 is 0 Å². The highest BCUT2D eigenvalue weighted by Gasteiger charge is 2.11. The van der Waals surface area contributed by atoms with Crippen LogP contribution in [0.2, 0.25) is 0 Å². The number of methoxy groups -OCH3 is 1. The third-order valence-electron chi connectivity index (χ3n) is 3.72. The van der Waals surface area contributed by atoms with Crippen molar-refractivity contribution in [2.75, 3.05) is 19.0 Å². The van der Waals surface area contributed by atoms with Crippen LogP contribution in [0.25, 0.3) is 0 Å². The van der Waals surface area contributed by atoms with Crippen LogP contribution in [0.1, 0.15) is 41.3 Å². The van der Waals surface area contributed by atoms with Crippen LogP contribution >= 0.6 is 0 Å². The fourth-order valence-corrected chi connectivity index (χ4v) is 2.39. The Morgan fingerprint density at radius 3 is 2.71 bits per heavy atom. The summed E-state index contributed by atoms with van der Waals surface area (Å²) in [6, 6.07) is 13.1. The lowest BCUT2D eigenvalue weighted by molar-refractivity contribution is 0.102. The number of carbonyl (C=O) groups excluding carboxylic acids is 1.